The van der Waals surface area contributed by atoms with E-state index < -0.39 is 83.2 Å². The number of hydrogen-bond acceptors (Lipinski definition) is 21. The lowest BCUT2D eigenvalue weighted by atomic mass is 9.83. The van der Waals surface area contributed by atoms with Gasteiger partial charge >= 0.3 is 36.2 Å². The minimum absolute atomic E-state index is 0.00539. The molecule has 0 bridgehead atoms. The van der Waals surface area contributed by atoms with E-state index >= 15 is 0 Å². The van der Waals surface area contributed by atoms with Crippen LogP contribution in [0.25, 0.3) is 0 Å². The zero-order valence-corrected chi connectivity index (χ0v) is 81.7. The van der Waals surface area contributed by atoms with Gasteiger partial charge in [-0.25, -0.2) is 28.8 Å². The monoisotopic (exact) mass is 1890 g/mol. The molecule has 0 aromatic heterocycles. The van der Waals surface area contributed by atoms with E-state index in [-0.39, 0.29) is 154 Å². The van der Waals surface area contributed by atoms with Crippen molar-refractivity contribution in [2.24, 2.45) is 46.0 Å². The number of alkyl carbamates (subject to hydrolysis) is 3. The number of primary amides is 1. The molecule has 1 aromatic rings. The van der Waals surface area contributed by atoms with Gasteiger partial charge in [0.1, 0.15) is 31.0 Å². The first kappa shape index (κ1) is 116. The number of benzene rings is 1. The number of nitrogens with one attached hydrogen (secondary N) is 8. The second-order valence-corrected chi connectivity index (χ2v) is 36.9. The Morgan fingerprint density at radius 1 is 0.549 bits per heavy atom. The number of cyclic esters (lactones) is 2. The van der Waals surface area contributed by atoms with Crippen LogP contribution in [-0.2, 0) is 83.0 Å². The van der Waals surface area contributed by atoms with Crippen LogP contribution in [0.1, 0.15) is 225 Å². The van der Waals surface area contributed by atoms with Gasteiger partial charge in [0.2, 0.25) is 23.6 Å². The zero-order valence-electron chi connectivity index (χ0n) is 80.2. The number of anilines is 1. The molecule has 3 aliphatic heterocycles. The molecule has 732 valence electrons. The number of hydrogen-bond donors (Lipinski definition) is 10. The van der Waals surface area contributed by atoms with Crippen LogP contribution >= 0.6 is 23.2 Å². The van der Waals surface area contributed by atoms with Crippen LogP contribution in [0.15, 0.2) is 178 Å². The van der Waals surface area contributed by atoms with Crippen LogP contribution in [0.4, 0.5) is 24.9 Å². The van der Waals surface area contributed by atoms with Crippen LogP contribution in [0, 0.1) is 34.5 Å². The number of carbonyl (C=O) groups is 15. The highest BCUT2D eigenvalue weighted by Crippen LogP contribution is 2.28. The molecule has 3 heterocycles. The highest BCUT2D eigenvalue weighted by atomic mass is 35.5. The van der Waals surface area contributed by atoms with Crippen LogP contribution in [0.5, 0.6) is 0 Å². The molecule has 1 aromatic carbocycles. The van der Waals surface area contributed by atoms with Crippen LogP contribution in [0.2, 0.25) is 0 Å². The van der Waals surface area contributed by atoms with E-state index in [9.17, 15) is 71.9 Å². The first-order valence-electron chi connectivity index (χ1n) is 45.5. The molecule has 0 saturated heterocycles. The molecular formula is C100H143Cl2N11O20. The summed E-state index contributed by atoms with van der Waals surface area (Å²) in [5.41, 5.74) is 13.7. The topological polar surface area (TPSA) is 454 Å². The lowest BCUT2D eigenvalue weighted by Crippen LogP contribution is -2.48. The highest BCUT2D eigenvalue weighted by Gasteiger charge is 2.35. The number of nitrogens with zero attached hydrogens (tertiary/aromatic N) is 1. The number of allylic oxidation sites excluding steroid dienone is 12. The summed E-state index contributed by atoms with van der Waals surface area (Å²) >= 11 is 12.0. The molecule has 133 heavy (non-hydrogen) atoms. The Balaban J connectivity index is 0.000000848. The van der Waals surface area contributed by atoms with Crippen LogP contribution < -0.4 is 54.0 Å². The normalized spacial score (nSPS) is 17.1. The summed E-state index contributed by atoms with van der Waals surface area (Å²) in [6, 6.07) is 3.45. The summed E-state index contributed by atoms with van der Waals surface area (Å²) in [6.45, 7) is 31.2. The number of nitrogens with two attached hydrogens (primary N) is 2. The fraction of sp³-hybridized carbons (Fsp3) is 0.530. The van der Waals surface area contributed by atoms with E-state index in [1.165, 1.54) is 24.3 Å². The molecule has 0 saturated carbocycles. The van der Waals surface area contributed by atoms with E-state index in [0.717, 1.165) is 16.0 Å². The number of rotatable bonds is 54. The number of unbranched alkanes of at least 4 members (excludes halogenated alkanes) is 2. The summed E-state index contributed by atoms with van der Waals surface area (Å²) in [5, 5.41) is 22.9. The molecule has 0 radical (unpaired) electrons. The van der Waals surface area contributed by atoms with Crippen LogP contribution in [0.3, 0.4) is 0 Å². The van der Waals surface area contributed by atoms with E-state index in [1.807, 2.05) is 106 Å². The number of carbonyl (C=O) groups excluding carboxylic acids is 15. The summed E-state index contributed by atoms with van der Waals surface area (Å²) in [7, 11) is 0. The van der Waals surface area contributed by atoms with E-state index in [4.69, 9.17) is 58.4 Å². The van der Waals surface area contributed by atoms with Crippen molar-refractivity contribution in [1.29, 1.82) is 0 Å². The number of Topliss-reactive ketones (excluding diaryl/α,β-unsaturated/α-hetero) is 3. The predicted molar refractivity (Wildman–Crippen MR) is 516 cm³/mol. The molecule has 4 rings (SSSR count). The lowest BCUT2D eigenvalue weighted by Gasteiger charge is -2.29. The van der Waals surface area contributed by atoms with Crippen molar-refractivity contribution in [2.45, 2.75) is 269 Å². The Bertz CT molecular complexity index is 4490. The average Bonchev–Trinajstić information content (AvgIpc) is 1.27. The van der Waals surface area contributed by atoms with E-state index in [0.29, 0.717) is 116 Å². The molecule has 10 atom stereocenters. The maximum absolute atomic E-state index is 13.7. The molecule has 0 fully saturated rings. The highest BCUT2D eigenvalue weighted by molar-refractivity contribution is 6.29. The van der Waals surface area contributed by atoms with Crippen molar-refractivity contribution in [2.75, 3.05) is 44.6 Å². The van der Waals surface area contributed by atoms with Crippen molar-refractivity contribution >= 4 is 118 Å². The SMILES string of the molecule is CC1=CC[C@@H]([C@@H](C)/C=C(C)/C=C\C=C/C(=O)N[C@H](C(=O)C/C=C\C[C@H](C/C=C(\C)Cl)OC(=O)NCCCN)C(C)(C)C)OC1=O.CC1=CC[C@@H]([C@@H](C)/C=C(C)/C=C\C=C/C(=O)N[C@H](C(=O)C/C=C\C[C@H](C/C=C(\C)Cl)OC(=O)NCCCNC(=O)OCc2ccc(NC(=O)[C@H](CCCNC(N)=O)CC(=O)[C@@H](NC(=O)CCCCCN3C(=O)C=CC3=O)C(C)C)cc2)C(C)(C)C)OC1=O. The van der Waals surface area contributed by atoms with Crippen molar-refractivity contribution in [1.82, 2.24) is 42.1 Å². The van der Waals surface area contributed by atoms with Gasteiger partial charge < -0.3 is 77.7 Å². The van der Waals surface area contributed by atoms with Gasteiger partial charge in [-0.2, -0.15) is 0 Å². The number of urea groups is 1. The Morgan fingerprint density at radius 2 is 1.00 bits per heavy atom. The standard InChI is InChI=1S/C65H91ClN8O14.C35H52ClN3O6/c1-42(2)58(72-54(77)23-11-10-16-38-74-56(79)33-34-57(74)80)52(76)40-48(20-17-35-68-62(67)83)60(81)71-49-29-27-47(28-30-49)41-86-63(84)69-36-18-37-70-64(85)87-50(31-26-46(6)66)21-13-14-22-51(75)59(65(7,8)9)73-55(78)24-15-12-19-43(3)39-45(5)53-32-25-44(4)61(82)88-53;1-24(23-26(3)30-20-17-25(2)33(42)45-30)13-8-11-16-31(41)39-32(35(5,6)7)29(40)15-10-9-14-28(19-18-27(4)36)44-34(43)38-22-12-21-37/h12-15,19,24-30,33-34,39,42,45,48,50,53,58-59H,10-11,16-18,20-23,31-32,35-38,40-41H2,1-9H3,(H,69,84)(H,70,85)(H,71,81)(H,72,77)(H,73,78)(H3,67,68,83);8-11,13,16-18,23,26,28,30,32H,12,14-15,19-22,37H2,1-7H3,(H,38,43)(H,39,41)/b14-13-,19-12-,24-15-,43-39+,46-26+;10-9-,13-8-,16-11-,24-23+,27-18+/t45-,48+,50+,53-,58-,59+;26-,28+,30-,32+/m00/s1. The van der Waals surface area contributed by atoms with Crippen molar-refractivity contribution in [3.05, 3.63) is 184 Å². The van der Waals surface area contributed by atoms with E-state index in [1.54, 1.807) is 127 Å². The van der Waals surface area contributed by atoms with Crippen molar-refractivity contribution in [3.63, 3.8) is 0 Å². The number of esters is 2. The van der Waals surface area contributed by atoms with Gasteiger partial charge in [0.15, 0.2) is 17.3 Å². The second kappa shape index (κ2) is 62.0. The number of imide groups is 1. The van der Waals surface area contributed by atoms with E-state index in [2.05, 4.69) is 42.5 Å². The molecule has 0 unspecified atom stereocenters. The quantitative estimate of drug-likeness (QED) is 0.00551. The van der Waals surface area contributed by atoms with Gasteiger partial charge in [-0.05, 0) is 121 Å². The summed E-state index contributed by atoms with van der Waals surface area (Å²) in [5.74, 6) is -4.65. The average molecular weight is 1890 g/mol. The number of halogens is 2. The molecule has 31 nitrogen and oxygen atoms in total. The number of ketones is 3. The third-order valence-electron chi connectivity index (χ3n) is 21.2. The third kappa shape index (κ3) is 49.7. The van der Waals surface area contributed by atoms with Gasteiger partial charge in [-0.3, -0.25) is 48.1 Å². The Hall–Kier alpha value is -11.6. The van der Waals surface area contributed by atoms with Gasteiger partial charge in [0.05, 0.1) is 18.1 Å². The lowest BCUT2D eigenvalue weighted by molar-refractivity contribution is -0.148. The first-order chi connectivity index (χ1) is 62.8. The fourth-order valence-electron chi connectivity index (χ4n) is 13.6. The smallest absolute Gasteiger partial charge is 0.407 e. The minimum atomic E-state index is -0.867. The summed E-state index contributed by atoms with van der Waals surface area (Å²) < 4.78 is 27.5. The fourth-order valence-corrected chi connectivity index (χ4v) is 13.8. The minimum Gasteiger partial charge on any atom is -0.458 e. The van der Waals surface area contributed by atoms with Gasteiger partial charge in [-0.15, -0.1) is 0 Å². The van der Waals surface area contributed by atoms with Gasteiger partial charge in [0, 0.05) is 166 Å². The van der Waals surface area contributed by atoms with Gasteiger partial charge in [-0.1, -0.05) is 219 Å². The summed E-state index contributed by atoms with van der Waals surface area (Å²) in [6.07, 6.45) is 36.4. The van der Waals surface area contributed by atoms with Crippen molar-refractivity contribution < 1.29 is 95.6 Å². The molecule has 0 aliphatic carbocycles. The third-order valence-corrected chi connectivity index (χ3v) is 21.5. The predicted octanol–water partition coefficient (Wildman–Crippen LogP) is 15.3. The number of amides is 11. The van der Waals surface area contributed by atoms with Crippen LogP contribution in [-0.4, -0.2) is 176 Å². The zero-order chi connectivity index (χ0) is 99.3. The molecule has 11 amide bonds. The molecule has 33 heteroatoms. The summed E-state index contributed by atoms with van der Waals surface area (Å²) in [4.78, 5) is 190. The maximum atomic E-state index is 13.7. The second-order valence-electron chi connectivity index (χ2n) is 35.7. The molecule has 3 aliphatic rings. The largest absolute Gasteiger partial charge is 0.458 e. The Labute approximate surface area is 794 Å². The molecule has 12 N–H and O–H groups in total. The Kier molecular flexibility index (Phi) is 53.9. The molecular weight excluding hydrogens is 1750 g/mol. The Morgan fingerprint density at radius 3 is 1.44 bits per heavy atom. The maximum Gasteiger partial charge on any atom is 0.407 e. The number of ether oxygens (including phenoxy) is 5. The van der Waals surface area contributed by atoms with Gasteiger partial charge in [0.25, 0.3) is 11.8 Å². The molecule has 0 spiro atoms. The van der Waals surface area contributed by atoms with Crippen molar-refractivity contribution in [3.8, 4) is 0 Å². The first-order valence-corrected chi connectivity index (χ1v) is 46.2.